The highest BCUT2D eigenvalue weighted by Gasteiger charge is 2.29. The van der Waals surface area contributed by atoms with Crippen molar-refractivity contribution in [2.75, 3.05) is 22.9 Å². The van der Waals surface area contributed by atoms with Gasteiger partial charge in [0, 0.05) is 23.1 Å². The van der Waals surface area contributed by atoms with Gasteiger partial charge in [-0.05, 0) is 36.8 Å². The maximum Gasteiger partial charge on any atom is 0.243 e. The Morgan fingerprint density at radius 1 is 1.25 bits per heavy atom. The van der Waals surface area contributed by atoms with Crippen LogP contribution in [0.15, 0.2) is 48.5 Å². The van der Waals surface area contributed by atoms with Crippen LogP contribution in [0.3, 0.4) is 0 Å². The molecule has 0 aliphatic rings. The van der Waals surface area contributed by atoms with Gasteiger partial charge in [0.15, 0.2) is 0 Å². The van der Waals surface area contributed by atoms with Crippen molar-refractivity contribution in [3.05, 3.63) is 64.9 Å². The maximum absolute atomic E-state index is 13.5. The third-order valence-corrected chi connectivity index (χ3v) is 6.53. The smallest absolute Gasteiger partial charge is 0.243 e. The number of thioether (sulfide) groups is 1. The molecule has 1 amide bonds. The Bertz CT molecular complexity index is 925. The first kappa shape index (κ1) is 22.5. The largest absolute Gasteiger partial charge is 0.353 e. The van der Waals surface area contributed by atoms with Crippen LogP contribution in [-0.4, -0.2) is 38.9 Å². The van der Waals surface area contributed by atoms with Crippen molar-refractivity contribution in [1.82, 2.24) is 5.32 Å². The van der Waals surface area contributed by atoms with Crippen LogP contribution in [0.5, 0.6) is 0 Å². The fourth-order valence-electron chi connectivity index (χ4n) is 2.61. The molecule has 152 valence electrons. The number of hydrogen-bond donors (Lipinski definition) is 1. The van der Waals surface area contributed by atoms with E-state index in [0.29, 0.717) is 23.1 Å². The summed E-state index contributed by atoms with van der Waals surface area (Å²) in [5.74, 6) is 0.328. The minimum Gasteiger partial charge on any atom is -0.353 e. The number of rotatable bonds is 9. The van der Waals surface area contributed by atoms with Gasteiger partial charge in [0.25, 0.3) is 0 Å². The lowest BCUT2D eigenvalue weighted by Crippen LogP contribution is -2.48. The van der Waals surface area contributed by atoms with Gasteiger partial charge in [-0.15, -0.1) is 0 Å². The number of carbonyl (C=O) groups is 1. The molecule has 0 fully saturated rings. The van der Waals surface area contributed by atoms with Gasteiger partial charge < -0.3 is 5.32 Å². The quantitative estimate of drug-likeness (QED) is 0.599. The van der Waals surface area contributed by atoms with Crippen LogP contribution in [0.1, 0.15) is 12.5 Å². The van der Waals surface area contributed by atoms with Gasteiger partial charge in [-0.1, -0.05) is 35.9 Å². The van der Waals surface area contributed by atoms with Crippen molar-refractivity contribution >= 4 is 45.0 Å². The number of amides is 1. The van der Waals surface area contributed by atoms with Crippen molar-refractivity contribution in [3.63, 3.8) is 0 Å². The Balaban J connectivity index is 1.91. The molecule has 0 aromatic heterocycles. The minimum absolute atomic E-state index is 0.109. The molecular weight excluding hydrogens is 423 g/mol. The molecule has 2 aromatic rings. The lowest BCUT2D eigenvalue weighted by Gasteiger charge is -2.28. The highest BCUT2D eigenvalue weighted by molar-refractivity contribution is 7.98. The second-order valence-electron chi connectivity index (χ2n) is 6.15. The summed E-state index contributed by atoms with van der Waals surface area (Å²) in [4.78, 5) is 12.4. The van der Waals surface area contributed by atoms with Gasteiger partial charge in [-0.3, -0.25) is 9.10 Å². The highest BCUT2D eigenvalue weighted by Crippen LogP contribution is 2.22. The van der Waals surface area contributed by atoms with Gasteiger partial charge in [0.2, 0.25) is 15.9 Å². The molecule has 0 heterocycles. The molecular formula is C19H22ClFN2O3S2. The molecule has 1 unspecified atom stereocenters. The van der Waals surface area contributed by atoms with Crippen molar-refractivity contribution in [2.24, 2.45) is 0 Å². The van der Waals surface area contributed by atoms with E-state index in [9.17, 15) is 17.6 Å². The van der Waals surface area contributed by atoms with E-state index in [2.05, 4.69) is 5.32 Å². The maximum atomic E-state index is 13.5. The number of halogens is 2. The Morgan fingerprint density at radius 2 is 1.96 bits per heavy atom. The molecule has 5 nitrogen and oxygen atoms in total. The van der Waals surface area contributed by atoms with Gasteiger partial charge in [-0.2, -0.15) is 11.8 Å². The van der Waals surface area contributed by atoms with Gasteiger partial charge >= 0.3 is 0 Å². The normalized spacial score (nSPS) is 12.4. The van der Waals surface area contributed by atoms with Gasteiger partial charge in [0.1, 0.15) is 11.9 Å². The van der Waals surface area contributed by atoms with E-state index in [1.807, 2.05) is 24.3 Å². The summed E-state index contributed by atoms with van der Waals surface area (Å²) in [5, 5.41) is 3.43. The zero-order valence-electron chi connectivity index (χ0n) is 15.6. The zero-order valence-corrected chi connectivity index (χ0v) is 18.0. The standard InChI is InChI=1S/C19H22ClFN2O3S2/c1-14(23(28(2,25)26)17-8-5-7-16(21)12-17)19(24)22-10-11-27-13-15-6-3-4-9-18(15)20/h3-9,12,14H,10-11,13H2,1-2H3,(H,22,24). The highest BCUT2D eigenvalue weighted by atomic mass is 35.5. The number of anilines is 1. The van der Waals surface area contributed by atoms with E-state index in [4.69, 9.17) is 11.6 Å². The van der Waals surface area contributed by atoms with Crippen molar-refractivity contribution in [3.8, 4) is 0 Å². The van der Waals surface area contributed by atoms with E-state index in [1.54, 1.807) is 11.8 Å². The second-order valence-corrected chi connectivity index (χ2v) is 9.52. The zero-order chi connectivity index (χ0) is 20.7. The molecule has 2 aromatic carbocycles. The lowest BCUT2D eigenvalue weighted by atomic mass is 10.2. The van der Waals surface area contributed by atoms with E-state index in [-0.39, 0.29) is 5.69 Å². The molecule has 1 atom stereocenters. The Hall–Kier alpha value is -1.77. The monoisotopic (exact) mass is 444 g/mol. The summed E-state index contributed by atoms with van der Waals surface area (Å²) in [6.45, 7) is 1.84. The fraction of sp³-hybridized carbons (Fsp3) is 0.316. The summed E-state index contributed by atoms with van der Waals surface area (Å²) < 4.78 is 38.7. The Labute approximate surface area is 174 Å². The molecule has 0 aliphatic carbocycles. The van der Waals surface area contributed by atoms with Crippen LogP contribution in [0, 0.1) is 5.82 Å². The summed E-state index contributed by atoms with van der Waals surface area (Å²) in [7, 11) is -3.77. The number of benzene rings is 2. The summed E-state index contributed by atoms with van der Waals surface area (Å²) >= 11 is 7.71. The van der Waals surface area contributed by atoms with Crippen molar-refractivity contribution in [2.45, 2.75) is 18.7 Å². The predicted molar refractivity (Wildman–Crippen MR) is 114 cm³/mol. The van der Waals surface area contributed by atoms with Crippen LogP contribution in [0.4, 0.5) is 10.1 Å². The number of hydrogen-bond acceptors (Lipinski definition) is 4. The van der Waals surface area contributed by atoms with Crippen LogP contribution in [-0.2, 0) is 20.6 Å². The first-order chi connectivity index (χ1) is 13.2. The Morgan fingerprint density at radius 3 is 2.61 bits per heavy atom. The van der Waals surface area contributed by atoms with Crippen molar-refractivity contribution < 1.29 is 17.6 Å². The number of carbonyl (C=O) groups excluding carboxylic acids is 1. The molecule has 0 radical (unpaired) electrons. The SMILES string of the molecule is CC(C(=O)NCCSCc1ccccc1Cl)N(c1cccc(F)c1)S(C)(=O)=O. The van der Waals surface area contributed by atoms with E-state index < -0.39 is 27.8 Å². The molecule has 0 aliphatic heterocycles. The Kier molecular flexibility index (Phi) is 8.15. The van der Waals surface area contributed by atoms with Gasteiger partial charge in [0.05, 0.1) is 11.9 Å². The molecule has 0 bridgehead atoms. The van der Waals surface area contributed by atoms with Crippen molar-refractivity contribution in [1.29, 1.82) is 0 Å². The predicted octanol–water partition coefficient (Wildman–Crippen LogP) is 3.68. The van der Waals surface area contributed by atoms with Crippen LogP contribution < -0.4 is 9.62 Å². The molecule has 0 spiro atoms. The first-order valence-corrected chi connectivity index (χ1v) is 11.9. The second kappa shape index (κ2) is 10.1. The van der Waals surface area contributed by atoms with Crippen LogP contribution in [0.25, 0.3) is 0 Å². The van der Waals surface area contributed by atoms with E-state index in [1.165, 1.54) is 25.1 Å². The average molecular weight is 445 g/mol. The fourth-order valence-corrected chi connectivity index (χ4v) is 4.92. The first-order valence-electron chi connectivity index (χ1n) is 8.54. The lowest BCUT2D eigenvalue weighted by molar-refractivity contribution is -0.121. The third kappa shape index (κ3) is 6.39. The van der Waals surface area contributed by atoms with Gasteiger partial charge in [-0.25, -0.2) is 12.8 Å². The molecule has 0 saturated carbocycles. The molecule has 9 heteroatoms. The average Bonchev–Trinajstić information content (AvgIpc) is 2.61. The minimum atomic E-state index is -3.77. The van der Waals surface area contributed by atoms with E-state index >= 15 is 0 Å². The molecule has 1 N–H and O–H groups in total. The number of sulfonamides is 1. The molecule has 0 saturated heterocycles. The summed E-state index contributed by atoms with van der Waals surface area (Å²) in [6.07, 6.45) is 0.987. The summed E-state index contributed by atoms with van der Waals surface area (Å²) in [5.41, 5.74) is 1.13. The third-order valence-electron chi connectivity index (χ3n) is 3.91. The summed E-state index contributed by atoms with van der Waals surface area (Å²) in [6, 6.07) is 11.7. The van der Waals surface area contributed by atoms with Crippen LogP contribution in [0.2, 0.25) is 5.02 Å². The topological polar surface area (TPSA) is 66.5 Å². The molecule has 28 heavy (non-hydrogen) atoms. The molecule has 2 rings (SSSR count). The van der Waals surface area contributed by atoms with E-state index in [0.717, 1.165) is 22.2 Å². The number of nitrogens with one attached hydrogen (secondary N) is 1. The van der Waals surface area contributed by atoms with Crippen LogP contribution >= 0.6 is 23.4 Å². The number of nitrogens with zero attached hydrogens (tertiary/aromatic N) is 1.